The first kappa shape index (κ1) is 27.9. The topological polar surface area (TPSA) is 95.3 Å². The third-order valence-corrected chi connectivity index (χ3v) is 8.53. The van der Waals surface area contributed by atoms with Gasteiger partial charge in [0.05, 0.1) is 19.0 Å². The zero-order valence-corrected chi connectivity index (χ0v) is 23.8. The van der Waals surface area contributed by atoms with Crippen LogP contribution in [-0.2, 0) is 16.1 Å². The molecule has 2 aromatic carbocycles. The first-order valence-electron chi connectivity index (χ1n) is 13.1. The summed E-state index contributed by atoms with van der Waals surface area (Å²) in [6.45, 7) is 2.63. The number of rotatable bonds is 10. The fourth-order valence-electron chi connectivity index (χ4n) is 4.66. The van der Waals surface area contributed by atoms with E-state index in [0.717, 1.165) is 24.2 Å². The highest BCUT2D eigenvalue weighted by atomic mass is 32.2. The van der Waals surface area contributed by atoms with Crippen LogP contribution in [0.1, 0.15) is 43.0 Å². The predicted molar refractivity (Wildman–Crippen MR) is 154 cm³/mol. The Bertz CT molecular complexity index is 1480. The molecule has 0 saturated heterocycles. The molecule has 40 heavy (non-hydrogen) atoms. The number of aromatic nitrogens is 3. The maximum atomic E-state index is 13.4. The first-order chi connectivity index (χ1) is 19.5. The van der Waals surface area contributed by atoms with Crippen molar-refractivity contribution in [2.75, 3.05) is 18.2 Å². The molecular weight excluding hydrogens is 551 g/mol. The highest BCUT2D eigenvalue weighted by Gasteiger charge is 2.23. The first-order valence-corrected chi connectivity index (χ1v) is 14.9. The molecule has 2 aromatic heterocycles. The number of nitrogens with zero attached hydrogens (tertiary/aromatic N) is 3. The van der Waals surface area contributed by atoms with E-state index in [2.05, 4.69) is 15.5 Å². The highest BCUT2D eigenvalue weighted by Crippen LogP contribution is 2.36. The van der Waals surface area contributed by atoms with E-state index in [9.17, 15) is 14.0 Å². The molecule has 0 bridgehead atoms. The second-order valence-electron chi connectivity index (χ2n) is 9.29. The lowest BCUT2D eigenvalue weighted by Crippen LogP contribution is -2.16. The largest absolute Gasteiger partial charge is 0.490 e. The Morgan fingerprint density at radius 3 is 2.45 bits per heavy atom. The normalized spacial score (nSPS) is 13.4. The summed E-state index contributed by atoms with van der Waals surface area (Å²) in [4.78, 5) is 25.5. The number of esters is 1. The zero-order chi connectivity index (χ0) is 28.1. The number of carbonyl (C=O) groups is 2. The average Bonchev–Trinajstić information content (AvgIpc) is 3.73. The molecule has 1 amide bonds. The van der Waals surface area contributed by atoms with Crippen molar-refractivity contribution < 1.29 is 23.5 Å². The van der Waals surface area contributed by atoms with Crippen molar-refractivity contribution in [1.29, 1.82) is 0 Å². The fourth-order valence-corrected chi connectivity index (χ4v) is 6.44. The lowest BCUT2D eigenvalue weighted by Gasteiger charge is -2.13. The van der Waals surface area contributed by atoms with E-state index >= 15 is 0 Å². The maximum absolute atomic E-state index is 13.4. The van der Waals surface area contributed by atoms with Crippen molar-refractivity contribution in [3.05, 3.63) is 65.3 Å². The van der Waals surface area contributed by atoms with Crippen molar-refractivity contribution in [3.8, 4) is 28.3 Å². The van der Waals surface area contributed by atoms with Crippen LogP contribution in [0.3, 0.4) is 0 Å². The standard InChI is InChI=1S/C29H29FN4O4S2/c1-3-34-26(19-10-14-22(15-11-19)38-21-6-4-5-7-21)32-33-29(34)40-17-24(35)31-27-25(28(36)37-2)23(16-39-27)18-8-12-20(30)13-9-18/h8-16,21H,3-7,17H2,1-2H3,(H,31,35). The lowest BCUT2D eigenvalue weighted by molar-refractivity contribution is -0.113. The molecule has 11 heteroatoms. The summed E-state index contributed by atoms with van der Waals surface area (Å²) in [6.07, 6.45) is 4.94. The van der Waals surface area contributed by atoms with Gasteiger partial charge in [-0.05, 0) is 74.6 Å². The van der Waals surface area contributed by atoms with Crippen LogP contribution < -0.4 is 10.1 Å². The number of methoxy groups -OCH3 is 1. The van der Waals surface area contributed by atoms with Gasteiger partial charge in [-0.1, -0.05) is 23.9 Å². The Labute approximate surface area is 239 Å². The van der Waals surface area contributed by atoms with Gasteiger partial charge in [-0.2, -0.15) is 0 Å². The van der Waals surface area contributed by atoms with Gasteiger partial charge in [-0.3, -0.25) is 4.79 Å². The number of anilines is 1. The number of carbonyl (C=O) groups excluding carboxylic acids is 2. The van der Waals surface area contributed by atoms with E-state index in [-0.39, 0.29) is 23.0 Å². The van der Waals surface area contributed by atoms with Crippen LogP contribution in [0.5, 0.6) is 5.75 Å². The second kappa shape index (κ2) is 12.6. The van der Waals surface area contributed by atoms with Crippen molar-refractivity contribution in [3.63, 3.8) is 0 Å². The SMILES string of the molecule is CCn1c(SCC(=O)Nc2scc(-c3ccc(F)cc3)c2C(=O)OC)nnc1-c1ccc(OC2CCCC2)cc1. The van der Waals surface area contributed by atoms with Gasteiger partial charge in [0, 0.05) is 23.1 Å². The molecule has 1 aliphatic rings. The van der Waals surface area contributed by atoms with Gasteiger partial charge in [0.2, 0.25) is 5.91 Å². The van der Waals surface area contributed by atoms with E-state index in [1.54, 1.807) is 17.5 Å². The summed E-state index contributed by atoms with van der Waals surface area (Å²) in [5, 5.41) is 14.2. The van der Waals surface area contributed by atoms with Crippen LogP contribution in [-0.4, -0.2) is 45.6 Å². The number of thioether (sulfide) groups is 1. The molecule has 1 saturated carbocycles. The van der Waals surface area contributed by atoms with E-state index in [1.807, 2.05) is 35.8 Å². The quantitative estimate of drug-likeness (QED) is 0.165. The number of ether oxygens (including phenoxy) is 2. The van der Waals surface area contributed by atoms with Crippen LogP contribution in [0.2, 0.25) is 0 Å². The molecule has 1 fully saturated rings. The molecule has 0 radical (unpaired) electrons. The number of thiophene rings is 1. The summed E-state index contributed by atoms with van der Waals surface area (Å²) >= 11 is 2.47. The third-order valence-electron chi connectivity index (χ3n) is 6.67. The average molecular weight is 581 g/mol. The van der Waals surface area contributed by atoms with Gasteiger partial charge >= 0.3 is 5.97 Å². The predicted octanol–water partition coefficient (Wildman–Crippen LogP) is 6.67. The van der Waals surface area contributed by atoms with Gasteiger partial charge in [-0.15, -0.1) is 21.5 Å². The van der Waals surface area contributed by atoms with E-state index < -0.39 is 5.97 Å². The Morgan fingerprint density at radius 1 is 1.07 bits per heavy atom. The van der Waals surface area contributed by atoms with Gasteiger partial charge in [0.1, 0.15) is 22.1 Å². The molecule has 208 valence electrons. The van der Waals surface area contributed by atoms with Crippen LogP contribution in [0.25, 0.3) is 22.5 Å². The van der Waals surface area contributed by atoms with Gasteiger partial charge in [-0.25, -0.2) is 9.18 Å². The molecule has 0 spiro atoms. The second-order valence-corrected chi connectivity index (χ2v) is 11.1. The highest BCUT2D eigenvalue weighted by molar-refractivity contribution is 7.99. The number of nitrogens with one attached hydrogen (secondary N) is 1. The molecule has 5 rings (SSSR count). The van der Waals surface area contributed by atoms with Crippen LogP contribution in [0.15, 0.2) is 59.1 Å². The van der Waals surface area contributed by atoms with Crippen LogP contribution >= 0.6 is 23.1 Å². The minimum absolute atomic E-state index is 0.0662. The number of benzene rings is 2. The minimum atomic E-state index is -0.585. The molecule has 0 aliphatic heterocycles. The molecule has 4 aromatic rings. The Kier molecular flexibility index (Phi) is 8.81. The van der Waals surface area contributed by atoms with Gasteiger partial charge in [0.15, 0.2) is 11.0 Å². The van der Waals surface area contributed by atoms with E-state index in [1.165, 1.54) is 55.2 Å². The zero-order valence-electron chi connectivity index (χ0n) is 22.2. The Balaban J connectivity index is 1.26. The molecule has 1 N–H and O–H groups in total. The minimum Gasteiger partial charge on any atom is -0.490 e. The number of halogens is 1. The third kappa shape index (κ3) is 6.20. The molecule has 8 nitrogen and oxygen atoms in total. The van der Waals surface area contributed by atoms with Gasteiger partial charge < -0.3 is 19.4 Å². The number of hydrogen-bond acceptors (Lipinski definition) is 8. The number of amides is 1. The van der Waals surface area contributed by atoms with E-state index in [4.69, 9.17) is 9.47 Å². The van der Waals surface area contributed by atoms with Crippen molar-refractivity contribution >= 4 is 40.0 Å². The molecule has 2 heterocycles. The molecule has 0 unspecified atom stereocenters. The van der Waals surface area contributed by atoms with Crippen molar-refractivity contribution in [1.82, 2.24) is 14.8 Å². The summed E-state index contributed by atoms with van der Waals surface area (Å²) in [5.41, 5.74) is 2.36. The van der Waals surface area contributed by atoms with Crippen molar-refractivity contribution in [2.45, 2.75) is 50.4 Å². The summed E-state index contributed by atoms with van der Waals surface area (Å²) in [6, 6.07) is 13.7. The lowest BCUT2D eigenvalue weighted by atomic mass is 10.0. The fraction of sp³-hybridized carbons (Fsp3) is 0.310. The van der Waals surface area contributed by atoms with Crippen LogP contribution in [0, 0.1) is 5.82 Å². The van der Waals surface area contributed by atoms with Gasteiger partial charge in [0.25, 0.3) is 0 Å². The maximum Gasteiger partial charge on any atom is 0.341 e. The summed E-state index contributed by atoms with van der Waals surface area (Å²) in [5.74, 6) is 0.371. The summed E-state index contributed by atoms with van der Waals surface area (Å²) in [7, 11) is 1.28. The van der Waals surface area contributed by atoms with Crippen molar-refractivity contribution in [2.24, 2.45) is 0 Å². The Morgan fingerprint density at radius 2 is 1.77 bits per heavy atom. The monoisotopic (exact) mass is 580 g/mol. The molecule has 1 aliphatic carbocycles. The van der Waals surface area contributed by atoms with Crippen LogP contribution in [0.4, 0.5) is 9.39 Å². The Hall–Kier alpha value is -3.70. The summed E-state index contributed by atoms with van der Waals surface area (Å²) < 4.78 is 26.4. The molecular formula is C29H29FN4O4S2. The smallest absolute Gasteiger partial charge is 0.341 e. The number of hydrogen-bond donors (Lipinski definition) is 1. The van der Waals surface area contributed by atoms with E-state index in [0.29, 0.717) is 39.8 Å². The molecule has 0 atom stereocenters.